The topological polar surface area (TPSA) is 9.23 Å². The van der Waals surface area contributed by atoms with Crippen molar-refractivity contribution < 1.29 is 4.74 Å². The van der Waals surface area contributed by atoms with Gasteiger partial charge in [-0.15, -0.1) is 0 Å². The Labute approximate surface area is 50.0 Å². The third-order valence-corrected chi connectivity index (χ3v) is 2.21. The fourth-order valence-electron chi connectivity index (χ4n) is 1.70. The van der Waals surface area contributed by atoms with E-state index >= 15 is 0 Å². The Morgan fingerprint density at radius 2 is 2.38 bits per heavy atom. The number of fused-ring (bicyclic) bond motifs is 1. The molecule has 1 aliphatic carbocycles. The normalized spacial score (nSPS) is 45.0. The van der Waals surface area contributed by atoms with Crippen molar-refractivity contribution in [2.45, 2.75) is 25.4 Å². The van der Waals surface area contributed by atoms with Gasteiger partial charge in [0.05, 0.1) is 6.10 Å². The molecule has 1 aliphatic heterocycles. The molecule has 2 unspecified atom stereocenters. The van der Waals surface area contributed by atoms with E-state index in [1.165, 1.54) is 19.3 Å². The molecule has 0 aromatic heterocycles. The maximum absolute atomic E-state index is 5.45. The lowest BCUT2D eigenvalue weighted by Crippen LogP contribution is -2.06. The van der Waals surface area contributed by atoms with Crippen LogP contribution in [0.15, 0.2) is 0 Å². The first-order valence-electron chi connectivity index (χ1n) is 3.40. The zero-order valence-corrected chi connectivity index (χ0v) is 4.97. The highest BCUT2D eigenvalue weighted by molar-refractivity contribution is 4.91. The highest BCUT2D eigenvalue weighted by Gasteiger charge is 2.32. The average molecular weight is 111 g/mol. The summed E-state index contributed by atoms with van der Waals surface area (Å²) in [6.07, 6.45) is 6.81. The second-order valence-electron chi connectivity index (χ2n) is 2.72. The van der Waals surface area contributed by atoms with Gasteiger partial charge >= 0.3 is 0 Å². The minimum atomic E-state index is 0.620. The van der Waals surface area contributed by atoms with E-state index in [4.69, 9.17) is 4.74 Å². The number of rotatable bonds is 0. The van der Waals surface area contributed by atoms with Crippen molar-refractivity contribution in [1.29, 1.82) is 0 Å². The maximum atomic E-state index is 5.45. The third-order valence-electron chi connectivity index (χ3n) is 2.21. The smallest absolute Gasteiger partial charge is 0.0607 e. The van der Waals surface area contributed by atoms with Gasteiger partial charge in [-0.1, -0.05) is 0 Å². The van der Waals surface area contributed by atoms with Gasteiger partial charge in [0.25, 0.3) is 0 Å². The van der Waals surface area contributed by atoms with Crippen molar-refractivity contribution in [3.05, 3.63) is 6.42 Å². The van der Waals surface area contributed by atoms with Gasteiger partial charge in [-0.05, 0) is 31.6 Å². The molecule has 2 fully saturated rings. The number of hydrogen-bond acceptors (Lipinski definition) is 1. The number of hydrogen-bond donors (Lipinski definition) is 0. The molecule has 1 saturated heterocycles. The van der Waals surface area contributed by atoms with Gasteiger partial charge in [-0.25, -0.2) is 0 Å². The van der Waals surface area contributed by atoms with Gasteiger partial charge in [-0.2, -0.15) is 0 Å². The molecule has 2 atom stereocenters. The van der Waals surface area contributed by atoms with Gasteiger partial charge in [0.15, 0.2) is 0 Å². The molecule has 1 nitrogen and oxygen atoms in total. The summed E-state index contributed by atoms with van der Waals surface area (Å²) in [5.74, 6) is 0.898. The highest BCUT2D eigenvalue weighted by Crippen LogP contribution is 2.34. The van der Waals surface area contributed by atoms with Crippen molar-refractivity contribution >= 4 is 0 Å². The van der Waals surface area contributed by atoms with Crippen molar-refractivity contribution in [3.8, 4) is 0 Å². The van der Waals surface area contributed by atoms with Crippen molar-refractivity contribution in [3.63, 3.8) is 0 Å². The van der Waals surface area contributed by atoms with Crippen LogP contribution < -0.4 is 0 Å². The van der Waals surface area contributed by atoms with Crippen molar-refractivity contribution in [2.24, 2.45) is 5.92 Å². The molecule has 1 heteroatoms. The van der Waals surface area contributed by atoms with Crippen LogP contribution in [0.4, 0.5) is 0 Å². The standard InChI is InChI=1S/C7H11O/c1-2-6-4-5-8-7(6)3-1/h1,6-7H,2-5H2. The largest absolute Gasteiger partial charge is 0.378 e. The molecule has 2 aliphatic rings. The Balaban J connectivity index is 2.04. The first kappa shape index (κ1) is 4.80. The van der Waals surface area contributed by atoms with Crippen LogP contribution >= 0.6 is 0 Å². The molecule has 0 aromatic rings. The quantitative estimate of drug-likeness (QED) is 0.459. The van der Waals surface area contributed by atoms with E-state index in [2.05, 4.69) is 6.42 Å². The first-order chi connectivity index (χ1) is 3.97. The Morgan fingerprint density at radius 1 is 1.38 bits per heavy atom. The minimum Gasteiger partial charge on any atom is -0.378 e. The van der Waals surface area contributed by atoms with Crippen LogP contribution in [0.25, 0.3) is 0 Å². The molecule has 0 aromatic carbocycles. The van der Waals surface area contributed by atoms with E-state index < -0.39 is 0 Å². The van der Waals surface area contributed by atoms with Gasteiger partial charge < -0.3 is 4.74 Å². The summed E-state index contributed by atoms with van der Waals surface area (Å²) >= 11 is 0. The van der Waals surface area contributed by atoms with Crippen LogP contribution in [0.2, 0.25) is 0 Å². The lowest BCUT2D eigenvalue weighted by molar-refractivity contribution is 0.105. The Morgan fingerprint density at radius 3 is 3.25 bits per heavy atom. The zero-order valence-electron chi connectivity index (χ0n) is 4.97. The minimum absolute atomic E-state index is 0.620. The maximum Gasteiger partial charge on any atom is 0.0607 e. The lowest BCUT2D eigenvalue weighted by atomic mass is 10.1. The van der Waals surface area contributed by atoms with Crippen molar-refractivity contribution in [1.82, 2.24) is 0 Å². The molecule has 45 valence electrons. The molecule has 0 amide bonds. The molecule has 0 spiro atoms. The predicted octanol–water partition coefficient (Wildman–Crippen LogP) is 1.39. The molecule has 1 heterocycles. The van der Waals surface area contributed by atoms with E-state index in [-0.39, 0.29) is 0 Å². The van der Waals surface area contributed by atoms with Crippen LogP contribution in [0, 0.1) is 12.3 Å². The SMILES string of the molecule is [CH]1CC2CCOC2C1. The summed E-state index contributed by atoms with van der Waals surface area (Å²) in [6.45, 7) is 1.02. The zero-order chi connectivity index (χ0) is 5.40. The summed E-state index contributed by atoms with van der Waals surface area (Å²) in [7, 11) is 0. The van der Waals surface area contributed by atoms with E-state index in [9.17, 15) is 0 Å². The van der Waals surface area contributed by atoms with E-state index in [1.54, 1.807) is 0 Å². The second-order valence-corrected chi connectivity index (χ2v) is 2.72. The van der Waals surface area contributed by atoms with Crippen LogP contribution in [-0.2, 0) is 4.74 Å². The molecule has 8 heavy (non-hydrogen) atoms. The van der Waals surface area contributed by atoms with Gasteiger partial charge in [0, 0.05) is 6.61 Å². The monoisotopic (exact) mass is 111 g/mol. The molecular weight excluding hydrogens is 100 g/mol. The molecule has 0 bridgehead atoms. The Kier molecular flexibility index (Phi) is 1.04. The van der Waals surface area contributed by atoms with Crippen molar-refractivity contribution in [2.75, 3.05) is 6.61 Å². The molecule has 1 saturated carbocycles. The Bertz CT molecular complexity index is 70.4. The molecule has 0 N–H and O–H groups in total. The summed E-state index contributed by atoms with van der Waals surface area (Å²) in [6, 6.07) is 0. The molecule has 1 radical (unpaired) electrons. The van der Waals surface area contributed by atoms with E-state index in [0.717, 1.165) is 12.5 Å². The van der Waals surface area contributed by atoms with Crippen LogP contribution in [0.3, 0.4) is 0 Å². The summed E-state index contributed by atoms with van der Waals surface area (Å²) in [5.41, 5.74) is 0. The Hall–Kier alpha value is -0.0400. The van der Waals surface area contributed by atoms with Crippen LogP contribution in [0.5, 0.6) is 0 Å². The highest BCUT2D eigenvalue weighted by atomic mass is 16.5. The number of ether oxygens (including phenoxy) is 1. The van der Waals surface area contributed by atoms with Crippen LogP contribution in [-0.4, -0.2) is 12.7 Å². The molecular formula is C7H11O. The molecule has 2 rings (SSSR count). The fraction of sp³-hybridized carbons (Fsp3) is 0.857. The third kappa shape index (κ3) is 0.576. The van der Waals surface area contributed by atoms with Gasteiger partial charge in [0.2, 0.25) is 0 Å². The fourth-order valence-corrected chi connectivity index (χ4v) is 1.70. The average Bonchev–Trinajstić information content (AvgIpc) is 2.15. The van der Waals surface area contributed by atoms with Gasteiger partial charge in [-0.3, -0.25) is 0 Å². The lowest BCUT2D eigenvalue weighted by Gasteiger charge is -2.04. The first-order valence-corrected chi connectivity index (χ1v) is 3.40. The summed E-state index contributed by atoms with van der Waals surface area (Å²) < 4.78 is 5.45. The van der Waals surface area contributed by atoms with E-state index in [1.807, 2.05) is 0 Å². The summed E-state index contributed by atoms with van der Waals surface area (Å²) in [4.78, 5) is 0. The van der Waals surface area contributed by atoms with E-state index in [0.29, 0.717) is 6.10 Å². The van der Waals surface area contributed by atoms with Gasteiger partial charge in [0.1, 0.15) is 0 Å². The van der Waals surface area contributed by atoms with Crippen LogP contribution in [0.1, 0.15) is 19.3 Å². The summed E-state index contributed by atoms with van der Waals surface area (Å²) in [5, 5.41) is 0. The predicted molar refractivity (Wildman–Crippen MR) is 31.4 cm³/mol. The second kappa shape index (κ2) is 1.73.